The summed E-state index contributed by atoms with van der Waals surface area (Å²) in [6.07, 6.45) is 0. The number of nitrogens with zero attached hydrogens (tertiary/aromatic N) is 1. The SMILES string of the molecule is O=C(COc1ccc(Cl)cc1[C@@H]1c2sc(=O)[nH]c2S[C@H]2C(=O)N(c3ccc(F)cc3)C(=O)[C@@H]12)Nc1ccc2ccccc2c1. The van der Waals surface area contributed by atoms with Crippen molar-refractivity contribution in [3.05, 3.63) is 116 Å². The number of aromatic amines is 1. The first kappa shape index (κ1) is 28.3. The maximum atomic E-state index is 14.0. The molecule has 220 valence electrons. The number of carbonyl (C=O) groups is 3. The molecule has 0 unspecified atom stereocenters. The Hall–Kier alpha value is -4.45. The lowest BCUT2D eigenvalue weighted by molar-refractivity contribution is -0.122. The molecule has 0 bridgehead atoms. The number of aromatic nitrogens is 1. The Bertz CT molecular complexity index is 2030. The Kier molecular flexibility index (Phi) is 7.23. The molecule has 0 aliphatic carbocycles. The number of ether oxygens (including phenoxy) is 1. The van der Waals surface area contributed by atoms with Crippen LogP contribution in [0.25, 0.3) is 10.8 Å². The van der Waals surface area contributed by atoms with Gasteiger partial charge in [0.05, 0.1) is 16.6 Å². The second kappa shape index (κ2) is 11.2. The molecule has 1 saturated heterocycles. The second-order valence-corrected chi connectivity index (χ2v) is 12.9. The molecule has 4 aromatic carbocycles. The molecule has 5 aromatic rings. The highest BCUT2D eigenvalue weighted by Gasteiger charge is 2.56. The Morgan fingerprint density at radius 2 is 1.73 bits per heavy atom. The molecule has 7 rings (SSSR count). The van der Waals surface area contributed by atoms with Crippen LogP contribution in [-0.4, -0.2) is 34.6 Å². The fraction of sp³-hybridized carbons (Fsp3) is 0.125. The van der Waals surface area contributed by atoms with E-state index in [1.165, 1.54) is 24.3 Å². The zero-order valence-corrected chi connectivity index (χ0v) is 25.0. The van der Waals surface area contributed by atoms with Gasteiger partial charge in [-0.15, -0.1) is 0 Å². The van der Waals surface area contributed by atoms with Crippen LogP contribution < -0.4 is 19.8 Å². The van der Waals surface area contributed by atoms with E-state index < -0.39 is 40.6 Å². The van der Waals surface area contributed by atoms with Gasteiger partial charge in [0.2, 0.25) is 11.8 Å². The van der Waals surface area contributed by atoms with E-state index in [1.807, 2.05) is 36.4 Å². The number of imide groups is 1. The minimum absolute atomic E-state index is 0.250. The number of thiazole rings is 1. The van der Waals surface area contributed by atoms with Crippen molar-refractivity contribution in [2.24, 2.45) is 5.92 Å². The Labute approximate surface area is 262 Å². The molecule has 2 aliphatic rings. The van der Waals surface area contributed by atoms with Crippen molar-refractivity contribution in [2.75, 3.05) is 16.8 Å². The molecule has 2 N–H and O–H groups in total. The fourth-order valence-corrected chi connectivity index (χ4v) is 8.38. The van der Waals surface area contributed by atoms with Gasteiger partial charge in [-0.25, -0.2) is 9.29 Å². The van der Waals surface area contributed by atoms with E-state index in [1.54, 1.807) is 24.3 Å². The normalized spacial score (nSPS) is 19.1. The predicted molar refractivity (Wildman–Crippen MR) is 168 cm³/mol. The molecule has 3 heterocycles. The minimum atomic E-state index is -0.913. The van der Waals surface area contributed by atoms with E-state index in [4.69, 9.17) is 16.3 Å². The standard InChI is InChI=1S/C32H21ClFN3O5S2/c33-18-6-12-23(42-15-24(38)35-20-9-5-16-3-1-2-4-17(16)13-20)22(14-18)25-26-28(43-29-27(25)44-32(41)36-29)31(40)37(30(26)39)21-10-7-19(34)8-11-21/h1-14,25-26,28H,15H2,(H,35,38)(H,36,41)/t25-,26-,28+/m0/s1. The van der Waals surface area contributed by atoms with Crippen molar-refractivity contribution in [3.8, 4) is 5.75 Å². The number of rotatable bonds is 6. The number of H-pyrrole nitrogens is 1. The molecule has 44 heavy (non-hydrogen) atoms. The third-order valence-electron chi connectivity index (χ3n) is 7.61. The average Bonchev–Trinajstić information content (AvgIpc) is 3.51. The number of hydrogen-bond donors (Lipinski definition) is 2. The minimum Gasteiger partial charge on any atom is -0.483 e. The van der Waals surface area contributed by atoms with Gasteiger partial charge in [0.15, 0.2) is 6.61 Å². The van der Waals surface area contributed by atoms with Crippen LogP contribution in [0.2, 0.25) is 5.02 Å². The summed E-state index contributed by atoms with van der Waals surface area (Å²) in [6, 6.07) is 23.3. The monoisotopic (exact) mass is 645 g/mol. The summed E-state index contributed by atoms with van der Waals surface area (Å²) < 4.78 is 19.6. The van der Waals surface area contributed by atoms with Gasteiger partial charge in [-0.05, 0) is 65.4 Å². The summed E-state index contributed by atoms with van der Waals surface area (Å²) in [4.78, 5) is 57.1. The molecule has 3 atom stereocenters. The lowest BCUT2D eigenvalue weighted by Crippen LogP contribution is -2.32. The van der Waals surface area contributed by atoms with Gasteiger partial charge in [0, 0.05) is 27.1 Å². The van der Waals surface area contributed by atoms with Crippen LogP contribution in [0.4, 0.5) is 15.8 Å². The summed E-state index contributed by atoms with van der Waals surface area (Å²) in [5.41, 5.74) is 1.32. The van der Waals surface area contributed by atoms with E-state index >= 15 is 0 Å². The number of nitrogens with one attached hydrogen (secondary N) is 2. The number of anilines is 2. The van der Waals surface area contributed by atoms with Crippen molar-refractivity contribution < 1.29 is 23.5 Å². The molecule has 8 nitrogen and oxygen atoms in total. The summed E-state index contributed by atoms with van der Waals surface area (Å²) in [6.45, 7) is -0.345. The second-order valence-electron chi connectivity index (χ2n) is 10.3. The number of fused-ring (bicyclic) bond motifs is 3. The van der Waals surface area contributed by atoms with Gasteiger partial charge >= 0.3 is 4.87 Å². The van der Waals surface area contributed by atoms with E-state index in [0.29, 0.717) is 26.2 Å². The van der Waals surface area contributed by atoms with E-state index in [9.17, 15) is 23.6 Å². The smallest absolute Gasteiger partial charge is 0.305 e. The largest absolute Gasteiger partial charge is 0.483 e. The quantitative estimate of drug-likeness (QED) is 0.213. The molecular formula is C32H21ClFN3O5S2. The molecule has 12 heteroatoms. The molecule has 1 aromatic heterocycles. The highest BCUT2D eigenvalue weighted by atomic mass is 35.5. The molecule has 1 fully saturated rings. The Morgan fingerprint density at radius 1 is 0.955 bits per heavy atom. The van der Waals surface area contributed by atoms with Crippen molar-refractivity contribution >= 4 is 74.6 Å². The van der Waals surface area contributed by atoms with Crippen molar-refractivity contribution in [1.82, 2.24) is 4.98 Å². The van der Waals surface area contributed by atoms with Gasteiger partial charge in [-0.3, -0.25) is 19.2 Å². The maximum Gasteiger partial charge on any atom is 0.305 e. The average molecular weight is 646 g/mol. The van der Waals surface area contributed by atoms with Gasteiger partial charge < -0.3 is 15.0 Å². The van der Waals surface area contributed by atoms with E-state index in [2.05, 4.69) is 10.3 Å². The van der Waals surface area contributed by atoms with Gasteiger partial charge in [0.1, 0.15) is 16.8 Å². The highest BCUT2D eigenvalue weighted by molar-refractivity contribution is 8.00. The Morgan fingerprint density at radius 3 is 2.52 bits per heavy atom. The van der Waals surface area contributed by atoms with Crippen LogP contribution in [-0.2, 0) is 14.4 Å². The van der Waals surface area contributed by atoms with Crippen LogP contribution in [0.3, 0.4) is 0 Å². The zero-order chi connectivity index (χ0) is 30.5. The number of benzene rings is 4. The fourth-order valence-electron chi connectivity index (χ4n) is 5.70. The van der Waals surface area contributed by atoms with Crippen LogP contribution in [0.15, 0.2) is 94.7 Å². The number of amides is 3. The van der Waals surface area contributed by atoms with E-state index in [-0.39, 0.29) is 22.9 Å². The van der Waals surface area contributed by atoms with Crippen LogP contribution in [0.1, 0.15) is 16.4 Å². The number of thioether (sulfide) groups is 1. The topological polar surface area (TPSA) is 109 Å². The van der Waals surface area contributed by atoms with Gasteiger partial charge in [-0.1, -0.05) is 65.0 Å². The first-order valence-corrected chi connectivity index (χ1v) is 15.6. The summed E-state index contributed by atoms with van der Waals surface area (Å²) in [5.74, 6) is -3.27. The lowest BCUT2D eigenvalue weighted by Gasteiger charge is -2.31. The molecule has 0 radical (unpaired) electrons. The van der Waals surface area contributed by atoms with Crippen molar-refractivity contribution in [2.45, 2.75) is 16.2 Å². The number of halogens is 2. The maximum absolute atomic E-state index is 14.0. The molecule has 3 amide bonds. The molecular weight excluding hydrogens is 625 g/mol. The van der Waals surface area contributed by atoms with Gasteiger partial charge in [0.25, 0.3) is 5.91 Å². The van der Waals surface area contributed by atoms with E-state index in [0.717, 1.165) is 38.8 Å². The van der Waals surface area contributed by atoms with Crippen molar-refractivity contribution in [3.63, 3.8) is 0 Å². The number of hydrogen-bond acceptors (Lipinski definition) is 7. The molecule has 0 saturated carbocycles. The first-order valence-electron chi connectivity index (χ1n) is 13.5. The number of carbonyl (C=O) groups excluding carboxylic acids is 3. The highest BCUT2D eigenvalue weighted by Crippen LogP contribution is 2.54. The van der Waals surface area contributed by atoms with Crippen LogP contribution in [0.5, 0.6) is 5.75 Å². The predicted octanol–water partition coefficient (Wildman–Crippen LogP) is 6.20. The zero-order valence-electron chi connectivity index (χ0n) is 22.6. The molecule has 0 spiro atoms. The third-order valence-corrected chi connectivity index (χ3v) is 10.2. The Balaban J connectivity index is 1.21. The van der Waals surface area contributed by atoms with Crippen molar-refractivity contribution in [1.29, 1.82) is 0 Å². The third kappa shape index (κ3) is 5.06. The lowest BCUT2D eigenvalue weighted by atomic mass is 9.82. The van der Waals surface area contributed by atoms with Gasteiger partial charge in [-0.2, -0.15) is 0 Å². The summed E-state index contributed by atoms with van der Waals surface area (Å²) in [7, 11) is 0. The molecule has 2 aliphatic heterocycles. The van der Waals surface area contributed by atoms with Crippen LogP contribution in [0, 0.1) is 11.7 Å². The summed E-state index contributed by atoms with van der Waals surface area (Å²) >= 11 is 8.50. The summed E-state index contributed by atoms with van der Waals surface area (Å²) in [5, 5.41) is 4.82. The first-order chi connectivity index (χ1) is 21.3. The van der Waals surface area contributed by atoms with Crippen LogP contribution >= 0.6 is 34.7 Å².